The van der Waals surface area contributed by atoms with Crippen LogP contribution in [0.4, 0.5) is 0 Å². The molecule has 1 nitrogen and oxygen atoms in total. The molecule has 1 aromatic rings. The van der Waals surface area contributed by atoms with Gasteiger partial charge in [0.25, 0.3) is 0 Å². The van der Waals surface area contributed by atoms with Crippen molar-refractivity contribution in [2.24, 2.45) is 11.8 Å². The van der Waals surface area contributed by atoms with Gasteiger partial charge in [-0.2, -0.15) is 0 Å². The zero-order chi connectivity index (χ0) is 13.1. The van der Waals surface area contributed by atoms with Crippen molar-refractivity contribution >= 4 is 27.3 Å². The van der Waals surface area contributed by atoms with E-state index in [1.807, 2.05) is 11.3 Å². The summed E-state index contributed by atoms with van der Waals surface area (Å²) in [5, 5.41) is 6.04. The Hall–Kier alpha value is 0.140. The molecule has 3 unspecified atom stereocenters. The molecular formula is C15H24BrNS. The first-order valence-electron chi connectivity index (χ1n) is 7.08. The lowest BCUT2D eigenvalue weighted by molar-refractivity contribution is 0.195. The summed E-state index contributed by atoms with van der Waals surface area (Å²) in [6.45, 7) is 7.04. The van der Waals surface area contributed by atoms with Crippen molar-refractivity contribution < 1.29 is 0 Å². The zero-order valence-electron chi connectivity index (χ0n) is 11.6. The molecule has 18 heavy (non-hydrogen) atoms. The van der Waals surface area contributed by atoms with Crippen LogP contribution in [0, 0.1) is 11.8 Å². The van der Waals surface area contributed by atoms with E-state index in [-0.39, 0.29) is 0 Å². The summed E-state index contributed by atoms with van der Waals surface area (Å²) in [5.74, 6) is 1.64. The van der Waals surface area contributed by atoms with E-state index < -0.39 is 0 Å². The lowest BCUT2D eigenvalue weighted by atomic mass is 9.77. The smallest absolute Gasteiger partial charge is 0.0399 e. The van der Waals surface area contributed by atoms with Gasteiger partial charge in [0.2, 0.25) is 0 Å². The number of nitrogens with one attached hydrogen (secondary N) is 1. The maximum Gasteiger partial charge on any atom is 0.0399 e. The molecule has 0 aromatic carbocycles. The van der Waals surface area contributed by atoms with Crippen LogP contribution >= 0.6 is 27.3 Å². The highest BCUT2D eigenvalue weighted by molar-refractivity contribution is 9.10. The molecule has 2 rings (SSSR count). The van der Waals surface area contributed by atoms with Gasteiger partial charge in [0.05, 0.1) is 0 Å². The summed E-state index contributed by atoms with van der Waals surface area (Å²) in [7, 11) is 0. The third kappa shape index (κ3) is 3.37. The van der Waals surface area contributed by atoms with Crippen molar-refractivity contribution in [2.45, 2.75) is 58.5 Å². The fourth-order valence-corrected chi connectivity index (χ4v) is 4.91. The molecule has 0 bridgehead atoms. The molecule has 0 radical (unpaired) electrons. The molecule has 0 spiro atoms. The molecule has 1 fully saturated rings. The Morgan fingerprint density at radius 2 is 2.00 bits per heavy atom. The Morgan fingerprint density at radius 3 is 2.61 bits per heavy atom. The molecule has 0 saturated heterocycles. The van der Waals surface area contributed by atoms with Crippen molar-refractivity contribution in [3.8, 4) is 0 Å². The number of hydrogen-bond donors (Lipinski definition) is 1. The van der Waals surface area contributed by atoms with Crippen LogP contribution in [0.5, 0.6) is 0 Å². The molecule has 1 aliphatic carbocycles. The van der Waals surface area contributed by atoms with Gasteiger partial charge in [0.1, 0.15) is 0 Å². The standard InChI is InChI=1S/C15H24BrNS/c1-10(2)12-6-4-5-7-14(12)17-11(3)15-13(16)8-9-18-15/h8-12,14,17H,4-7H2,1-3H3. The lowest BCUT2D eigenvalue weighted by Crippen LogP contribution is -2.41. The third-order valence-corrected chi connectivity index (χ3v) is 6.23. The maximum absolute atomic E-state index is 3.87. The predicted octanol–water partition coefficient (Wildman–Crippen LogP) is 5.38. The molecular weight excluding hydrogens is 306 g/mol. The van der Waals surface area contributed by atoms with Crippen LogP contribution in [0.2, 0.25) is 0 Å². The van der Waals surface area contributed by atoms with E-state index in [0.717, 1.165) is 11.8 Å². The van der Waals surface area contributed by atoms with Gasteiger partial charge in [0.15, 0.2) is 0 Å². The van der Waals surface area contributed by atoms with Gasteiger partial charge in [-0.3, -0.25) is 0 Å². The van der Waals surface area contributed by atoms with Crippen LogP contribution < -0.4 is 5.32 Å². The SMILES string of the molecule is CC(NC1CCCCC1C(C)C)c1sccc1Br. The fraction of sp³-hybridized carbons (Fsp3) is 0.733. The number of rotatable bonds is 4. The Bertz CT molecular complexity index is 374. The molecule has 0 aliphatic heterocycles. The van der Waals surface area contributed by atoms with Crippen molar-refractivity contribution in [3.63, 3.8) is 0 Å². The van der Waals surface area contributed by atoms with E-state index >= 15 is 0 Å². The van der Waals surface area contributed by atoms with E-state index in [2.05, 4.69) is 53.5 Å². The van der Waals surface area contributed by atoms with E-state index in [9.17, 15) is 0 Å². The van der Waals surface area contributed by atoms with Crippen LogP contribution in [-0.4, -0.2) is 6.04 Å². The highest BCUT2D eigenvalue weighted by Crippen LogP contribution is 2.34. The summed E-state index contributed by atoms with van der Waals surface area (Å²) in [6, 6.07) is 3.31. The largest absolute Gasteiger partial charge is 0.306 e. The molecule has 1 N–H and O–H groups in total. The van der Waals surface area contributed by atoms with E-state index in [1.165, 1.54) is 35.0 Å². The number of hydrogen-bond acceptors (Lipinski definition) is 2. The average molecular weight is 330 g/mol. The van der Waals surface area contributed by atoms with E-state index in [0.29, 0.717) is 12.1 Å². The van der Waals surface area contributed by atoms with Crippen LogP contribution in [0.15, 0.2) is 15.9 Å². The maximum atomic E-state index is 3.87. The summed E-state index contributed by atoms with van der Waals surface area (Å²) >= 11 is 5.49. The van der Waals surface area contributed by atoms with Gasteiger partial charge in [-0.1, -0.05) is 26.7 Å². The highest BCUT2D eigenvalue weighted by Gasteiger charge is 2.28. The van der Waals surface area contributed by atoms with E-state index in [4.69, 9.17) is 0 Å². The van der Waals surface area contributed by atoms with Crippen molar-refractivity contribution in [1.82, 2.24) is 5.32 Å². The summed E-state index contributed by atoms with van der Waals surface area (Å²) < 4.78 is 1.25. The highest BCUT2D eigenvalue weighted by atomic mass is 79.9. The molecule has 3 heteroatoms. The van der Waals surface area contributed by atoms with Crippen LogP contribution in [0.3, 0.4) is 0 Å². The van der Waals surface area contributed by atoms with Gasteiger partial charge in [-0.15, -0.1) is 11.3 Å². The summed E-state index contributed by atoms with van der Waals surface area (Å²) in [6.07, 6.45) is 5.54. The normalized spacial score (nSPS) is 26.5. The monoisotopic (exact) mass is 329 g/mol. The Labute approximate surface area is 123 Å². The fourth-order valence-electron chi connectivity index (χ4n) is 3.18. The summed E-state index contributed by atoms with van der Waals surface area (Å²) in [4.78, 5) is 1.43. The van der Waals surface area contributed by atoms with Crippen LogP contribution in [0.25, 0.3) is 0 Å². The topological polar surface area (TPSA) is 12.0 Å². The molecule has 0 amide bonds. The quantitative estimate of drug-likeness (QED) is 0.782. The van der Waals surface area contributed by atoms with E-state index in [1.54, 1.807) is 0 Å². The molecule has 3 atom stereocenters. The van der Waals surface area contributed by atoms with Crippen LogP contribution in [0.1, 0.15) is 57.4 Å². The number of thiophene rings is 1. The zero-order valence-corrected chi connectivity index (χ0v) is 14.0. The average Bonchev–Trinajstić information content (AvgIpc) is 2.76. The second-order valence-corrected chi connectivity index (χ2v) is 7.62. The Kier molecular flexibility index (Phi) is 5.28. The first-order valence-corrected chi connectivity index (χ1v) is 8.75. The lowest BCUT2D eigenvalue weighted by Gasteiger charge is -2.36. The molecule has 102 valence electrons. The minimum atomic E-state index is 0.462. The molecule has 1 aromatic heterocycles. The molecule has 1 heterocycles. The Balaban J connectivity index is 2.01. The van der Waals surface area contributed by atoms with Crippen molar-refractivity contribution in [3.05, 3.63) is 20.8 Å². The Morgan fingerprint density at radius 1 is 1.28 bits per heavy atom. The minimum Gasteiger partial charge on any atom is -0.306 e. The first kappa shape index (κ1) is 14.5. The number of halogens is 1. The predicted molar refractivity (Wildman–Crippen MR) is 84.2 cm³/mol. The molecule has 1 saturated carbocycles. The van der Waals surface area contributed by atoms with Gasteiger partial charge >= 0.3 is 0 Å². The van der Waals surface area contributed by atoms with Gasteiger partial charge in [-0.25, -0.2) is 0 Å². The first-order chi connectivity index (χ1) is 8.59. The van der Waals surface area contributed by atoms with Crippen molar-refractivity contribution in [1.29, 1.82) is 0 Å². The second kappa shape index (κ2) is 6.53. The molecule has 1 aliphatic rings. The second-order valence-electron chi connectivity index (χ2n) is 5.82. The van der Waals surface area contributed by atoms with Gasteiger partial charge < -0.3 is 5.32 Å². The van der Waals surface area contributed by atoms with Crippen LogP contribution in [-0.2, 0) is 0 Å². The van der Waals surface area contributed by atoms with Gasteiger partial charge in [-0.05, 0) is 59.0 Å². The summed E-state index contributed by atoms with van der Waals surface area (Å²) in [5.41, 5.74) is 0. The third-order valence-electron chi connectivity index (χ3n) is 4.18. The van der Waals surface area contributed by atoms with Crippen molar-refractivity contribution in [2.75, 3.05) is 0 Å². The van der Waals surface area contributed by atoms with Gasteiger partial charge in [0, 0.05) is 21.4 Å². The minimum absolute atomic E-state index is 0.462.